The lowest BCUT2D eigenvalue weighted by atomic mass is 10.2. The minimum absolute atomic E-state index is 0.686. The van der Waals surface area contributed by atoms with Gasteiger partial charge in [-0.2, -0.15) is 0 Å². The van der Waals surface area contributed by atoms with Crippen molar-refractivity contribution in [1.82, 2.24) is 20.1 Å². The molecule has 1 heterocycles. The van der Waals surface area contributed by atoms with Crippen molar-refractivity contribution in [3.05, 3.63) is 45.4 Å². The molecule has 1 aromatic carbocycles. The molecule has 0 fully saturated rings. The summed E-state index contributed by atoms with van der Waals surface area (Å²) >= 11 is 9.36. The first-order valence-corrected chi connectivity index (χ1v) is 6.31. The topological polar surface area (TPSA) is 42.7 Å². The average molecular weight is 316 g/mol. The molecule has 0 amide bonds. The predicted octanol–water partition coefficient (Wildman–Crippen LogP) is 2.52. The van der Waals surface area contributed by atoms with Crippen molar-refractivity contribution in [1.29, 1.82) is 0 Å². The molecule has 2 aromatic rings. The molecular formula is C11H12BrClN4. The predicted molar refractivity (Wildman–Crippen MR) is 70.7 cm³/mol. The summed E-state index contributed by atoms with van der Waals surface area (Å²) in [5, 5.41) is 11.9. The summed E-state index contributed by atoms with van der Waals surface area (Å²) in [7, 11) is 1.93. The maximum absolute atomic E-state index is 5.88. The van der Waals surface area contributed by atoms with E-state index in [4.69, 9.17) is 11.6 Å². The molecule has 0 aliphatic rings. The zero-order chi connectivity index (χ0) is 12.3. The summed E-state index contributed by atoms with van der Waals surface area (Å²) < 4.78 is 2.90. The van der Waals surface area contributed by atoms with Crippen LogP contribution in [0.3, 0.4) is 0 Å². The normalized spacial score (nSPS) is 10.8. The van der Waals surface area contributed by atoms with E-state index >= 15 is 0 Å². The summed E-state index contributed by atoms with van der Waals surface area (Å²) in [5.74, 6) is 0.912. The van der Waals surface area contributed by atoms with Crippen LogP contribution in [0.2, 0.25) is 5.02 Å². The maximum atomic E-state index is 5.88. The molecule has 0 radical (unpaired) electrons. The van der Waals surface area contributed by atoms with Crippen LogP contribution in [-0.2, 0) is 20.1 Å². The second-order valence-electron chi connectivity index (χ2n) is 3.70. The number of nitrogens with one attached hydrogen (secondary N) is 1. The Morgan fingerprint density at radius 2 is 2.24 bits per heavy atom. The van der Waals surface area contributed by atoms with Crippen molar-refractivity contribution in [3.63, 3.8) is 0 Å². The summed E-state index contributed by atoms with van der Waals surface area (Å²) in [5.41, 5.74) is 1.16. The van der Waals surface area contributed by atoms with Crippen LogP contribution in [0.1, 0.15) is 11.4 Å². The highest BCUT2D eigenvalue weighted by atomic mass is 79.9. The van der Waals surface area contributed by atoms with Gasteiger partial charge in [0.2, 0.25) is 0 Å². The van der Waals surface area contributed by atoms with Gasteiger partial charge in [-0.1, -0.05) is 33.6 Å². The van der Waals surface area contributed by atoms with Gasteiger partial charge in [-0.25, -0.2) is 0 Å². The highest BCUT2D eigenvalue weighted by molar-refractivity contribution is 9.10. The van der Waals surface area contributed by atoms with Gasteiger partial charge in [-0.3, -0.25) is 0 Å². The van der Waals surface area contributed by atoms with Crippen molar-refractivity contribution in [2.24, 2.45) is 7.05 Å². The third-order valence-electron chi connectivity index (χ3n) is 2.42. The van der Waals surface area contributed by atoms with E-state index in [0.717, 1.165) is 27.4 Å². The van der Waals surface area contributed by atoms with Gasteiger partial charge in [-0.05, 0) is 17.7 Å². The van der Waals surface area contributed by atoms with Crippen LogP contribution in [0.4, 0.5) is 0 Å². The number of aryl methyl sites for hydroxylation is 1. The SMILES string of the molecule is Cn1cnnc1CNCc1ccc(Cl)cc1Br. The Hall–Kier alpha value is -0.910. The lowest BCUT2D eigenvalue weighted by Crippen LogP contribution is -2.16. The van der Waals surface area contributed by atoms with Gasteiger partial charge < -0.3 is 9.88 Å². The summed E-state index contributed by atoms with van der Waals surface area (Å²) in [6, 6.07) is 5.77. The molecule has 17 heavy (non-hydrogen) atoms. The van der Waals surface area contributed by atoms with Crippen LogP contribution >= 0.6 is 27.5 Å². The van der Waals surface area contributed by atoms with E-state index < -0.39 is 0 Å². The number of nitrogens with zero attached hydrogens (tertiary/aromatic N) is 3. The first-order chi connectivity index (χ1) is 8.16. The summed E-state index contributed by atoms with van der Waals surface area (Å²) in [6.07, 6.45) is 1.69. The van der Waals surface area contributed by atoms with Gasteiger partial charge in [-0.15, -0.1) is 10.2 Å². The number of rotatable bonds is 4. The van der Waals surface area contributed by atoms with Crippen molar-refractivity contribution in [2.75, 3.05) is 0 Å². The number of aromatic nitrogens is 3. The second-order valence-corrected chi connectivity index (χ2v) is 4.99. The van der Waals surface area contributed by atoms with E-state index in [-0.39, 0.29) is 0 Å². The fraction of sp³-hybridized carbons (Fsp3) is 0.273. The highest BCUT2D eigenvalue weighted by Gasteiger charge is 2.02. The van der Waals surface area contributed by atoms with Crippen LogP contribution in [0.5, 0.6) is 0 Å². The van der Waals surface area contributed by atoms with E-state index in [2.05, 4.69) is 31.4 Å². The molecule has 2 rings (SSSR count). The first-order valence-electron chi connectivity index (χ1n) is 5.14. The third-order valence-corrected chi connectivity index (χ3v) is 3.39. The quantitative estimate of drug-likeness (QED) is 0.943. The first kappa shape index (κ1) is 12.5. The van der Waals surface area contributed by atoms with Crippen LogP contribution in [0.25, 0.3) is 0 Å². The number of benzene rings is 1. The Kier molecular flexibility index (Phi) is 4.15. The Morgan fingerprint density at radius 3 is 2.88 bits per heavy atom. The molecule has 1 aromatic heterocycles. The zero-order valence-electron chi connectivity index (χ0n) is 9.32. The minimum Gasteiger partial charge on any atom is -0.320 e. The van der Waals surface area contributed by atoms with E-state index in [0.29, 0.717) is 6.54 Å². The Morgan fingerprint density at radius 1 is 1.41 bits per heavy atom. The molecule has 0 bridgehead atoms. The number of hydrogen-bond acceptors (Lipinski definition) is 3. The standard InChI is InChI=1S/C11H12BrClN4/c1-17-7-15-16-11(17)6-14-5-8-2-3-9(13)4-10(8)12/h2-4,7,14H,5-6H2,1H3. The Bertz CT molecular complexity index is 512. The van der Waals surface area contributed by atoms with E-state index in [1.165, 1.54) is 0 Å². The average Bonchev–Trinajstić information content (AvgIpc) is 2.68. The molecular weight excluding hydrogens is 304 g/mol. The van der Waals surface area contributed by atoms with Crippen LogP contribution in [0.15, 0.2) is 29.0 Å². The van der Waals surface area contributed by atoms with Crippen molar-refractivity contribution in [3.8, 4) is 0 Å². The lowest BCUT2D eigenvalue weighted by molar-refractivity contribution is 0.636. The second kappa shape index (κ2) is 5.62. The zero-order valence-corrected chi connectivity index (χ0v) is 11.7. The molecule has 0 saturated heterocycles. The highest BCUT2D eigenvalue weighted by Crippen LogP contribution is 2.21. The fourth-order valence-corrected chi connectivity index (χ4v) is 2.26. The Balaban J connectivity index is 1.92. The molecule has 4 nitrogen and oxygen atoms in total. The number of halogens is 2. The van der Waals surface area contributed by atoms with Gasteiger partial charge in [0.25, 0.3) is 0 Å². The van der Waals surface area contributed by atoms with Crippen LogP contribution in [0, 0.1) is 0 Å². The van der Waals surface area contributed by atoms with Crippen molar-refractivity contribution in [2.45, 2.75) is 13.1 Å². The smallest absolute Gasteiger partial charge is 0.146 e. The lowest BCUT2D eigenvalue weighted by Gasteiger charge is -2.06. The molecule has 0 aliphatic carbocycles. The summed E-state index contributed by atoms with van der Waals surface area (Å²) in [4.78, 5) is 0. The van der Waals surface area contributed by atoms with Crippen molar-refractivity contribution >= 4 is 27.5 Å². The molecule has 0 aliphatic heterocycles. The summed E-state index contributed by atoms with van der Waals surface area (Å²) in [6.45, 7) is 1.44. The van der Waals surface area contributed by atoms with Crippen LogP contribution in [-0.4, -0.2) is 14.8 Å². The third kappa shape index (κ3) is 3.28. The van der Waals surface area contributed by atoms with Crippen LogP contribution < -0.4 is 5.32 Å². The Labute approximate surface area is 113 Å². The molecule has 6 heteroatoms. The molecule has 90 valence electrons. The molecule has 1 N–H and O–H groups in total. The van der Waals surface area contributed by atoms with Gasteiger partial charge >= 0.3 is 0 Å². The number of hydrogen-bond donors (Lipinski definition) is 1. The van der Waals surface area contributed by atoms with E-state index in [1.807, 2.05) is 29.8 Å². The molecule has 0 saturated carbocycles. The minimum atomic E-state index is 0.686. The van der Waals surface area contributed by atoms with E-state index in [9.17, 15) is 0 Å². The molecule has 0 atom stereocenters. The molecule has 0 unspecified atom stereocenters. The van der Waals surface area contributed by atoms with Gasteiger partial charge in [0, 0.05) is 23.1 Å². The van der Waals surface area contributed by atoms with E-state index in [1.54, 1.807) is 6.33 Å². The van der Waals surface area contributed by atoms with Crippen molar-refractivity contribution < 1.29 is 0 Å². The fourth-order valence-electron chi connectivity index (χ4n) is 1.44. The maximum Gasteiger partial charge on any atom is 0.146 e. The van der Waals surface area contributed by atoms with Gasteiger partial charge in [0.1, 0.15) is 12.2 Å². The van der Waals surface area contributed by atoms with Gasteiger partial charge in [0.15, 0.2) is 0 Å². The monoisotopic (exact) mass is 314 g/mol. The molecule has 0 spiro atoms. The van der Waals surface area contributed by atoms with Gasteiger partial charge in [0.05, 0.1) is 6.54 Å². The largest absolute Gasteiger partial charge is 0.320 e.